The maximum atomic E-state index is 13.1. The molecule has 152 valence electrons. The summed E-state index contributed by atoms with van der Waals surface area (Å²) < 4.78 is 2.43. The van der Waals surface area contributed by atoms with E-state index in [2.05, 4.69) is 15.4 Å². The lowest BCUT2D eigenvalue weighted by Gasteiger charge is -2.11. The SMILES string of the molecule is O=C(NCc1nc2ccccc2s1)c1nn(Cc2ccccc2)c(=O)c2ccccc12. The van der Waals surface area contributed by atoms with Crippen LogP contribution in [-0.4, -0.2) is 20.7 Å². The van der Waals surface area contributed by atoms with Gasteiger partial charge >= 0.3 is 0 Å². The van der Waals surface area contributed by atoms with Crippen LogP contribution in [0, 0.1) is 0 Å². The van der Waals surface area contributed by atoms with Crippen LogP contribution in [0.15, 0.2) is 83.7 Å². The first-order valence-corrected chi connectivity index (χ1v) is 10.7. The third-order valence-electron chi connectivity index (χ3n) is 5.00. The van der Waals surface area contributed by atoms with E-state index in [1.54, 1.807) is 35.6 Å². The maximum absolute atomic E-state index is 13.1. The molecule has 6 nitrogen and oxygen atoms in total. The molecule has 2 aromatic heterocycles. The molecule has 5 rings (SSSR count). The van der Waals surface area contributed by atoms with E-state index >= 15 is 0 Å². The molecular formula is C24H18N4O2S. The number of para-hydroxylation sites is 1. The molecule has 0 aliphatic rings. The van der Waals surface area contributed by atoms with Gasteiger partial charge in [-0.05, 0) is 23.8 Å². The molecule has 0 unspecified atom stereocenters. The van der Waals surface area contributed by atoms with Crippen molar-refractivity contribution < 1.29 is 4.79 Å². The van der Waals surface area contributed by atoms with Crippen molar-refractivity contribution in [3.8, 4) is 0 Å². The van der Waals surface area contributed by atoms with E-state index in [0.29, 0.717) is 23.9 Å². The summed E-state index contributed by atoms with van der Waals surface area (Å²) in [5, 5.41) is 9.16. The number of amides is 1. The number of rotatable bonds is 5. The second kappa shape index (κ2) is 8.12. The molecule has 0 spiro atoms. The first-order valence-electron chi connectivity index (χ1n) is 9.85. The predicted molar refractivity (Wildman–Crippen MR) is 122 cm³/mol. The fourth-order valence-electron chi connectivity index (χ4n) is 3.50. The number of hydrogen-bond acceptors (Lipinski definition) is 5. The van der Waals surface area contributed by atoms with Gasteiger partial charge in [0, 0.05) is 5.39 Å². The van der Waals surface area contributed by atoms with Crippen LogP contribution in [0.2, 0.25) is 0 Å². The van der Waals surface area contributed by atoms with E-state index in [4.69, 9.17) is 0 Å². The molecule has 0 saturated carbocycles. The fraction of sp³-hybridized carbons (Fsp3) is 0.0833. The van der Waals surface area contributed by atoms with Crippen LogP contribution in [0.25, 0.3) is 21.0 Å². The van der Waals surface area contributed by atoms with Crippen molar-refractivity contribution in [2.75, 3.05) is 0 Å². The molecule has 1 amide bonds. The van der Waals surface area contributed by atoms with Gasteiger partial charge in [-0.2, -0.15) is 5.10 Å². The topological polar surface area (TPSA) is 76.9 Å². The van der Waals surface area contributed by atoms with Crippen molar-refractivity contribution in [1.82, 2.24) is 20.1 Å². The third kappa shape index (κ3) is 3.83. The van der Waals surface area contributed by atoms with Gasteiger partial charge in [0.25, 0.3) is 11.5 Å². The van der Waals surface area contributed by atoms with Crippen LogP contribution in [0.3, 0.4) is 0 Å². The highest BCUT2D eigenvalue weighted by Gasteiger charge is 2.17. The monoisotopic (exact) mass is 426 g/mol. The van der Waals surface area contributed by atoms with Crippen molar-refractivity contribution in [1.29, 1.82) is 0 Å². The van der Waals surface area contributed by atoms with Crippen molar-refractivity contribution in [2.24, 2.45) is 0 Å². The van der Waals surface area contributed by atoms with Gasteiger partial charge in [0.1, 0.15) is 5.01 Å². The van der Waals surface area contributed by atoms with Crippen LogP contribution in [0.4, 0.5) is 0 Å². The summed E-state index contributed by atoms with van der Waals surface area (Å²) in [6, 6.07) is 24.5. The molecule has 2 heterocycles. The summed E-state index contributed by atoms with van der Waals surface area (Å²) in [5.41, 5.74) is 1.86. The normalized spacial score (nSPS) is 11.1. The second-order valence-electron chi connectivity index (χ2n) is 7.10. The summed E-state index contributed by atoms with van der Waals surface area (Å²) in [6.07, 6.45) is 0. The minimum Gasteiger partial charge on any atom is -0.344 e. The zero-order chi connectivity index (χ0) is 21.2. The molecule has 0 aliphatic carbocycles. The number of hydrogen-bond donors (Lipinski definition) is 1. The van der Waals surface area contributed by atoms with Gasteiger partial charge in [-0.25, -0.2) is 9.67 Å². The van der Waals surface area contributed by atoms with E-state index in [1.807, 2.05) is 54.6 Å². The highest BCUT2D eigenvalue weighted by atomic mass is 32.1. The molecule has 1 N–H and O–H groups in total. The van der Waals surface area contributed by atoms with Gasteiger partial charge in [-0.15, -0.1) is 11.3 Å². The number of fused-ring (bicyclic) bond motifs is 2. The summed E-state index contributed by atoms with van der Waals surface area (Å²) in [4.78, 5) is 30.6. The molecule has 3 aromatic carbocycles. The van der Waals surface area contributed by atoms with Crippen LogP contribution in [-0.2, 0) is 13.1 Å². The summed E-state index contributed by atoms with van der Waals surface area (Å²) in [5.74, 6) is -0.336. The quantitative estimate of drug-likeness (QED) is 0.461. The molecule has 0 bridgehead atoms. The molecule has 0 aliphatic heterocycles. The first-order chi connectivity index (χ1) is 15.2. The smallest absolute Gasteiger partial charge is 0.274 e. The Labute approximate surface area is 181 Å². The third-order valence-corrected chi connectivity index (χ3v) is 6.03. The van der Waals surface area contributed by atoms with Crippen LogP contribution >= 0.6 is 11.3 Å². The lowest BCUT2D eigenvalue weighted by atomic mass is 10.1. The molecule has 31 heavy (non-hydrogen) atoms. The molecule has 0 fully saturated rings. The lowest BCUT2D eigenvalue weighted by Crippen LogP contribution is -2.30. The van der Waals surface area contributed by atoms with Gasteiger partial charge < -0.3 is 5.32 Å². The van der Waals surface area contributed by atoms with Gasteiger partial charge in [0.05, 0.1) is 28.7 Å². The van der Waals surface area contributed by atoms with Gasteiger partial charge in [-0.3, -0.25) is 9.59 Å². The number of benzene rings is 3. The minimum atomic E-state index is -0.336. The Hall–Kier alpha value is -3.84. The van der Waals surface area contributed by atoms with Crippen molar-refractivity contribution >= 4 is 38.2 Å². The van der Waals surface area contributed by atoms with E-state index in [0.717, 1.165) is 20.8 Å². The predicted octanol–water partition coefficient (Wildman–Crippen LogP) is 3.98. The zero-order valence-corrected chi connectivity index (χ0v) is 17.3. The van der Waals surface area contributed by atoms with Crippen molar-refractivity contribution in [3.63, 3.8) is 0 Å². The maximum Gasteiger partial charge on any atom is 0.274 e. The largest absolute Gasteiger partial charge is 0.344 e. The number of aromatic nitrogens is 3. The van der Waals surface area contributed by atoms with E-state index in [-0.39, 0.29) is 17.2 Å². The summed E-state index contributed by atoms with van der Waals surface area (Å²) in [6.45, 7) is 0.592. The Bertz CT molecular complexity index is 1420. The van der Waals surface area contributed by atoms with E-state index in [1.165, 1.54) is 4.68 Å². The van der Waals surface area contributed by atoms with Crippen molar-refractivity contribution in [3.05, 3.63) is 105 Å². The zero-order valence-electron chi connectivity index (χ0n) is 16.5. The summed E-state index contributed by atoms with van der Waals surface area (Å²) in [7, 11) is 0. The van der Waals surface area contributed by atoms with Gasteiger partial charge in [0.15, 0.2) is 5.69 Å². The highest BCUT2D eigenvalue weighted by Crippen LogP contribution is 2.21. The summed E-state index contributed by atoms with van der Waals surface area (Å²) >= 11 is 1.54. The van der Waals surface area contributed by atoms with Crippen LogP contribution in [0.1, 0.15) is 21.1 Å². The number of carbonyl (C=O) groups excluding carboxylic acids is 1. The highest BCUT2D eigenvalue weighted by molar-refractivity contribution is 7.18. The molecule has 7 heteroatoms. The average molecular weight is 427 g/mol. The first kappa shape index (κ1) is 19.1. The number of nitrogens with one attached hydrogen (secondary N) is 1. The molecule has 5 aromatic rings. The second-order valence-corrected chi connectivity index (χ2v) is 8.22. The number of carbonyl (C=O) groups is 1. The van der Waals surface area contributed by atoms with Crippen LogP contribution < -0.4 is 10.9 Å². The standard InChI is InChI=1S/C24H18N4O2S/c29-23(25-14-21-26-19-12-6-7-13-20(19)31-21)22-17-10-4-5-11-18(17)24(30)28(27-22)15-16-8-2-1-3-9-16/h1-13H,14-15H2,(H,25,29). The Morgan fingerprint density at radius 3 is 2.42 bits per heavy atom. The fourth-order valence-corrected chi connectivity index (χ4v) is 4.41. The Kier molecular flexibility index (Phi) is 5.01. The lowest BCUT2D eigenvalue weighted by molar-refractivity contribution is 0.0945. The molecule has 0 radical (unpaired) electrons. The Morgan fingerprint density at radius 2 is 1.61 bits per heavy atom. The van der Waals surface area contributed by atoms with Gasteiger partial charge in [-0.1, -0.05) is 60.7 Å². The number of thiazole rings is 1. The minimum absolute atomic E-state index is 0.220. The molecule has 0 saturated heterocycles. The average Bonchev–Trinajstić information content (AvgIpc) is 3.23. The number of nitrogens with zero attached hydrogens (tertiary/aromatic N) is 3. The molecular weight excluding hydrogens is 408 g/mol. The van der Waals surface area contributed by atoms with Crippen LogP contribution in [0.5, 0.6) is 0 Å². The van der Waals surface area contributed by atoms with Gasteiger partial charge in [0.2, 0.25) is 0 Å². The Morgan fingerprint density at radius 1 is 0.903 bits per heavy atom. The van der Waals surface area contributed by atoms with E-state index < -0.39 is 0 Å². The van der Waals surface area contributed by atoms with E-state index in [9.17, 15) is 9.59 Å². The Balaban J connectivity index is 1.48. The molecule has 0 atom stereocenters. The van der Waals surface area contributed by atoms with Crippen molar-refractivity contribution in [2.45, 2.75) is 13.1 Å².